The lowest BCUT2D eigenvalue weighted by molar-refractivity contribution is -0.129. The molecule has 0 radical (unpaired) electrons. The van der Waals surface area contributed by atoms with E-state index in [0.29, 0.717) is 12.2 Å². The first kappa shape index (κ1) is 12.1. The maximum Gasteiger partial charge on any atom is 0.274 e. The maximum absolute atomic E-state index is 11.7. The highest BCUT2D eigenvalue weighted by Gasteiger charge is 2.17. The first-order chi connectivity index (χ1) is 8.20. The van der Waals surface area contributed by atoms with Crippen LogP contribution in [0.1, 0.15) is 12.5 Å². The van der Waals surface area contributed by atoms with Crippen molar-refractivity contribution in [2.45, 2.75) is 6.92 Å². The zero-order valence-electron chi connectivity index (χ0n) is 9.33. The molecule has 17 heavy (non-hydrogen) atoms. The summed E-state index contributed by atoms with van der Waals surface area (Å²) in [6.45, 7) is 2.49. The van der Waals surface area contributed by atoms with Gasteiger partial charge in [0.25, 0.3) is 5.91 Å². The minimum Gasteiger partial charge on any atom is -0.488 e. The number of carbonyl (C=O) groups excluding carboxylic acids is 1. The number of nitrogens with one attached hydrogen (secondary N) is 1. The number of hydrogen-bond acceptors (Lipinski definition) is 3. The van der Waals surface area contributed by atoms with Gasteiger partial charge in [-0.2, -0.15) is 0 Å². The molecule has 0 fully saturated rings. The molecule has 2 rings (SSSR count). The molecule has 1 aromatic carbocycles. The highest BCUT2D eigenvalue weighted by atomic mass is 79.9. The fourth-order valence-corrected chi connectivity index (χ4v) is 1.86. The molecule has 0 aromatic heterocycles. The molecule has 1 aliphatic heterocycles. The standard InChI is InChI=1S/C12H12BrNO3/c1-2-17-14-12(15)9-5-8-6-10(13)3-4-11(8)16-7-9/h3-6H,2,7H2,1H3,(H,14,15). The van der Waals surface area contributed by atoms with Gasteiger partial charge in [0, 0.05) is 10.0 Å². The van der Waals surface area contributed by atoms with Crippen LogP contribution < -0.4 is 10.2 Å². The van der Waals surface area contributed by atoms with Crippen LogP contribution in [0.5, 0.6) is 5.75 Å². The van der Waals surface area contributed by atoms with Gasteiger partial charge in [-0.1, -0.05) is 15.9 Å². The summed E-state index contributed by atoms with van der Waals surface area (Å²) in [5.41, 5.74) is 3.78. The third kappa shape index (κ3) is 2.87. The predicted molar refractivity (Wildman–Crippen MR) is 67.4 cm³/mol. The number of rotatable bonds is 3. The lowest BCUT2D eigenvalue weighted by Crippen LogP contribution is -2.28. The van der Waals surface area contributed by atoms with E-state index in [1.165, 1.54) is 0 Å². The second-order valence-electron chi connectivity index (χ2n) is 3.50. The van der Waals surface area contributed by atoms with E-state index in [4.69, 9.17) is 9.57 Å². The number of fused-ring (bicyclic) bond motifs is 1. The molecular weight excluding hydrogens is 286 g/mol. The van der Waals surface area contributed by atoms with Crippen molar-refractivity contribution < 1.29 is 14.4 Å². The van der Waals surface area contributed by atoms with Crippen LogP contribution in [-0.2, 0) is 9.63 Å². The van der Waals surface area contributed by atoms with Gasteiger partial charge in [0.05, 0.1) is 12.2 Å². The molecule has 0 saturated heterocycles. The molecular formula is C12H12BrNO3. The average molecular weight is 298 g/mol. The van der Waals surface area contributed by atoms with E-state index in [1.54, 1.807) is 13.0 Å². The fourth-order valence-electron chi connectivity index (χ4n) is 1.48. The first-order valence-electron chi connectivity index (χ1n) is 5.25. The number of carbonyl (C=O) groups is 1. The lowest BCUT2D eigenvalue weighted by atomic mass is 10.1. The monoisotopic (exact) mass is 297 g/mol. The zero-order valence-corrected chi connectivity index (χ0v) is 10.9. The molecule has 4 nitrogen and oxygen atoms in total. The van der Waals surface area contributed by atoms with E-state index in [2.05, 4.69) is 21.4 Å². The van der Waals surface area contributed by atoms with Crippen LogP contribution in [0.2, 0.25) is 0 Å². The summed E-state index contributed by atoms with van der Waals surface area (Å²) in [6.07, 6.45) is 1.80. The predicted octanol–water partition coefficient (Wildman–Crippen LogP) is 2.29. The normalized spacial score (nSPS) is 13.4. The maximum atomic E-state index is 11.7. The highest BCUT2D eigenvalue weighted by molar-refractivity contribution is 9.10. The van der Waals surface area contributed by atoms with Crippen molar-refractivity contribution >= 4 is 27.9 Å². The molecule has 5 heteroatoms. The summed E-state index contributed by atoms with van der Waals surface area (Å²) in [6, 6.07) is 5.67. The van der Waals surface area contributed by atoms with Crippen LogP contribution in [0.25, 0.3) is 6.08 Å². The summed E-state index contributed by atoms with van der Waals surface area (Å²) >= 11 is 3.38. The minimum atomic E-state index is -0.266. The van der Waals surface area contributed by atoms with E-state index in [1.807, 2.05) is 18.2 Å². The summed E-state index contributed by atoms with van der Waals surface area (Å²) < 4.78 is 6.43. The Morgan fingerprint density at radius 2 is 2.41 bits per heavy atom. The second-order valence-corrected chi connectivity index (χ2v) is 4.42. The Morgan fingerprint density at radius 1 is 1.59 bits per heavy atom. The first-order valence-corrected chi connectivity index (χ1v) is 6.05. The van der Waals surface area contributed by atoms with E-state index >= 15 is 0 Å². The summed E-state index contributed by atoms with van der Waals surface area (Å²) in [7, 11) is 0. The third-order valence-corrected chi connectivity index (χ3v) is 2.78. The minimum absolute atomic E-state index is 0.257. The van der Waals surface area contributed by atoms with Crippen LogP contribution in [0.3, 0.4) is 0 Å². The van der Waals surface area contributed by atoms with E-state index in [0.717, 1.165) is 15.8 Å². The molecule has 0 aliphatic carbocycles. The number of benzene rings is 1. The van der Waals surface area contributed by atoms with Crippen molar-refractivity contribution in [1.82, 2.24) is 5.48 Å². The molecule has 90 valence electrons. The largest absolute Gasteiger partial charge is 0.488 e. The summed E-state index contributed by atoms with van der Waals surface area (Å²) in [5, 5.41) is 0. The van der Waals surface area contributed by atoms with Crippen LogP contribution in [0.15, 0.2) is 28.2 Å². The van der Waals surface area contributed by atoms with Crippen molar-refractivity contribution in [3.05, 3.63) is 33.8 Å². The van der Waals surface area contributed by atoms with Gasteiger partial charge in [-0.05, 0) is 31.2 Å². The molecule has 1 aliphatic rings. The lowest BCUT2D eigenvalue weighted by Gasteiger charge is -2.17. The zero-order chi connectivity index (χ0) is 12.3. The third-order valence-electron chi connectivity index (χ3n) is 2.29. The number of hydroxylamine groups is 1. The molecule has 0 unspecified atom stereocenters. The number of amides is 1. The molecule has 1 N–H and O–H groups in total. The van der Waals surface area contributed by atoms with Crippen molar-refractivity contribution in [3.8, 4) is 5.75 Å². The van der Waals surface area contributed by atoms with Crippen molar-refractivity contribution in [2.75, 3.05) is 13.2 Å². The Bertz CT molecular complexity index is 471. The summed E-state index contributed by atoms with van der Waals surface area (Å²) in [4.78, 5) is 16.5. The smallest absolute Gasteiger partial charge is 0.274 e. The van der Waals surface area contributed by atoms with Gasteiger partial charge in [0.15, 0.2) is 0 Å². The highest BCUT2D eigenvalue weighted by Crippen LogP contribution is 2.29. The van der Waals surface area contributed by atoms with Crippen LogP contribution in [0.4, 0.5) is 0 Å². The van der Waals surface area contributed by atoms with E-state index < -0.39 is 0 Å². The van der Waals surface area contributed by atoms with Crippen molar-refractivity contribution in [3.63, 3.8) is 0 Å². The number of ether oxygens (including phenoxy) is 1. The molecule has 0 atom stereocenters. The van der Waals surface area contributed by atoms with E-state index in [9.17, 15) is 4.79 Å². The Hall–Kier alpha value is -1.33. The number of halogens is 1. The molecule has 1 heterocycles. The van der Waals surface area contributed by atoms with Gasteiger partial charge in [0.2, 0.25) is 0 Å². The van der Waals surface area contributed by atoms with Gasteiger partial charge in [-0.3, -0.25) is 9.63 Å². The van der Waals surface area contributed by atoms with E-state index in [-0.39, 0.29) is 12.5 Å². The quantitative estimate of drug-likeness (QED) is 0.871. The van der Waals surface area contributed by atoms with Crippen molar-refractivity contribution in [1.29, 1.82) is 0 Å². The molecule has 0 bridgehead atoms. The van der Waals surface area contributed by atoms with Crippen LogP contribution in [-0.4, -0.2) is 19.1 Å². The Kier molecular flexibility index (Phi) is 3.81. The van der Waals surface area contributed by atoms with Gasteiger partial charge < -0.3 is 4.74 Å². The second kappa shape index (κ2) is 5.33. The average Bonchev–Trinajstić information content (AvgIpc) is 2.35. The Balaban J connectivity index is 2.19. The molecule has 0 spiro atoms. The van der Waals surface area contributed by atoms with Gasteiger partial charge in [0.1, 0.15) is 12.4 Å². The Labute approximate surface area is 108 Å². The SMILES string of the molecule is CCONC(=O)C1=Cc2cc(Br)ccc2OC1. The topological polar surface area (TPSA) is 47.6 Å². The number of hydrogen-bond donors (Lipinski definition) is 1. The molecule has 1 amide bonds. The fraction of sp³-hybridized carbons (Fsp3) is 0.250. The van der Waals surface area contributed by atoms with Crippen LogP contribution in [0, 0.1) is 0 Å². The van der Waals surface area contributed by atoms with Gasteiger partial charge in [-0.25, -0.2) is 5.48 Å². The molecule has 0 saturated carbocycles. The van der Waals surface area contributed by atoms with Crippen molar-refractivity contribution in [2.24, 2.45) is 0 Å². The molecule has 1 aromatic rings. The Morgan fingerprint density at radius 3 is 3.18 bits per heavy atom. The summed E-state index contributed by atoms with van der Waals surface area (Å²) in [5.74, 6) is 0.513. The van der Waals surface area contributed by atoms with Gasteiger partial charge >= 0.3 is 0 Å². The van der Waals surface area contributed by atoms with Crippen LogP contribution >= 0.6 is 15.9 Å². The van der Waals surface area contributed by atoms with Gasteiger partial charge in [-0.15, -0.1) is 0 Å².